The molecule has 0 radical (unpaired) electrons. The van der Waals surface area contributed by atoms with Crippen LogP contribution in [0.2, 0.25) is 0 Å². The van der Waals surface area contributed by atoms with E-state index in [1.165, 1.54) is 19.5 Å². The van der Waals surface area contributed by atoms with Gasteiger partial charge in [0.05, 0.1) is 26.0 Å². The Bertz CT molecular complexity index is 798. The van der Waals surface area contributed by atoms with Crippen LogP contribution in [-0.2, 0) is 0 Å². The quantitative estimate of drug-likeness (QED) is 0.832. The third kappa shape index (κ3) is 3.15. The molecule has 1 amide bonds. The molecule has 8 heteroatoms. The van der Waals surface area contributed by atoms with Crippen LogP contribution >= 0.6 is 0 Å². The molecule has 0 spiro atoms. The zero-order valence-corrected chi connectivity index (χ0v) is 13.7. The van der Waals surface area contributed by atoms with Gasteiger partial charge in [-0.2, -0.15) is 4.98 Å². The monoisotopic (exact) mass is 343 g/mol. The first kappa shape index (κ1) is 15.5. The first-order chi connectivity index (χ1) is 12.2. The zero-order chi connectivity index (χ0) is 17.2. The molecule has 1 fully saturated rings. The molecule has 2 aromatic rings. The van der Waals surface area contributed by atoms with Crippen molar-refractivity contribution in [1.29, 1.82) is 0 Å². The van der Waals surface area contributed by atoms with E-state index >= 15 is 0 Å². The van der Waals surface area contributed by atoms with Crippen molar-refractivity contribution in [3.05, 3.63) is 36.2 Å². The Hall–Kier alpha value is -3.03. The first-order valence-electron chi connectivity index (χ1n) is 7.94. The average Bonchev–Trinajstić information content (AvgIpc) is 3.29. The minimum absolute atomic E-state index is 0.0545. The van der Waals surface area contributed by atoms with Gasteiger partial charge in [-0.15, -0.1) is 0 Å². The highest BCUT2D eigenvalue weighted by Gasteiger charge is 2.29. The van der Waals surface area contributed by atoms with Crippen molar-refractivity contribution < 1.29 is 23.7 Å². The van der Waals surface area contributed by atoms with Gasteiger partial charge in [0.25, 0.3) is 5.91 Å². The molecule has 1 saturated heterocycles. The lowest BCUT2D eigenvalue weighted by atomic mass is 10.2. The van der Waals surface area contributed by atoms with Crippen LogP contribution in [0.5, 0.6) is 23.3 Å². The van der Waals surface area contributed by atoms with Crippen molar-refractivity contribution in [2.24, 2.45) is 0 Å². The summed E-state index contributed by atoms with van der Waals surface area (Å²) in [5.41, 5.74) is 0.575. The SMILES string of the molecule is COc1cncc(O[C@H]2CCN(C(=O)c3ccc4c(c3)OCO4)C2)n1. The van der Waals surface area contributed by atoms with Crippen LogP contribution in [-0.4, -0.2) is 53.9 Å². The summed E-state index contributed by atoms with van der Waals surface area (Å²) in [5, 5.41) is 0. The topological polar surface area (TPSA) is 83.0 Å². The van der Waals surface area contributed by atoms with Gasteiger partial charge in [0.15, 0.2) is 11.5 Å². The van der Waals surface area contributed by atoms with Gasteiger partial charge in [-0.05, 0) is 18.2 Å². The number of methoxy groups -OCH3 is 1. The van der Waals surface area contributed by atoms with Crippen molar-refractivity contribution in [2.45, 2.75) is 12.5 Å². The lowest BCUT2D eigenvalue weighted by Gasteiger charge is -2.17. The molecule has 0 aliphatic carbocycles. The third-order valence-electron chi connectivity index (χ3n) is 4.14. The predicted octanol–water partition coefficient (Wildman–Crippen LogP) is 1.51. The third-order valence-corrected chi connectivity index (χ3v) is 4.14. The van der Waals surface area contributed by atoms with Crippen LogP contribution in [0, 0.1) is 0 Å². The molecule has 1 aromatic heterocycles. The number of benzene rings is 1. The number of amides is 1. The molecular weight excluding hydrogens is 326 g/mol. The summed E-state index contributed by atoms with van der Waals surface area (Å²) in [4.78, 5) is 22.6. The zero-order valence-electron chi connectivity index (χ0n) is 13.7. The molecule has 3 heterocycles. The van der Waals surface area contributed by atoms with Crippen molar-refractivity contribution in [2.75, 3.05) is 27.0 Å². The molecule has 4 rings (SSSR count). The number of rotatable bonds is 4. The van der Waals surface area contributed by atoms with Crippen LogP contribution in [0.15, 0.2) is 30.6 Å². The van der Waals surface area contributed by atoms with Crippen molar-refractivity contribution in [3.8, 4) is 23.3 Å². The van der Waals surface area contributed by atoms with Crippen molar-refractivity contribution in [3.63, 3.8) is 0 Å². The summed E-state index contributed by atoms with van der Waals surface area (Å²) in [5.74, 6) is 1.99. The smallest absolute Gasteiger partial charge is 0.254 e. The number of aromatic nitrogens is 2. The van der Waals surface area contributed by atoms with Crippen LogP contribution in [0.25, 0.3) is 0 Å². The minimum Gasteiger partial charge on any atom is -0.480 e. The van der Waals surface area contributed by atoms with E-state index < -0.39 is 0 Å². The number of carbonyl (C=O) groups excluding carboxylic acids is 1. The number of hydrogen-bond acceptors (Lipinski definition) is 7. The van der Waals surface area contributed by atoms with Gasteiger partial charge >= 0.3 is 0 Å². The second-order valence-corrected chi connectivity index (χ2v) is 5.75. The maximum atomic E-state index is 12.7. The Balaban J connectivity index is 1.40. The fourth-order valence-electron chi connectivity index (χ4n) is 2.88. The Morgan fingerprint density at radius 3 is 2.96 bits per heavy atom. The van der Waals surface area contributed by atoms with E-state index in [-0.39, 0.29) is 18.8 Å². The van der Waals surface area contributed by atoms with Crippen LogP contribution in [0.3, 0.4) is 0 Å². The van der Waals surface area contributed by atoms with E-state index in [0.29, 0.717) is 41.9 Å². The highest BCUT2D eigenvalue weighted by Crippen LogP contribution is 2.33. The van der Waals surface area contributed by atoms with Gasteiger partial charge in [-0.1, -0.05) is 0 Å². The molecule has 2 aliphatic heterocycles. The highest BCUT2D eigenvalue weighted by molar-refractivity contribution is 5.95. The Morgan fingerprint density at radius 2 is 2.08 bits per heavy atom. The van der Waals surface area contributed by atoms with Crippen LogP contribution in [0.1, 0.15) is 16.8 Å². The fourth-order valence-corrected chi connectivity index (χ4v) is 2.88. The lowest BCUT2D eigenvalue weighted by molar-refractivity contribution is 0.0770. The van der Waals surface area contributed by atoms with Crippen LogP contribution < -0.4 is 18.9 Å². The molecule has 2 aliphatic rings. The standard InChI is InChI=1S/C17H17N3O5/c1-22-15-7-18-8-16(19-15)25-12-4-5-20(9-12)17(21)11-2-3-13-14(6-11)24-10-23-13/h2-3,6-8,12H,4-5,9-10H2,1H3/t12-/m0/s1. The summed E-state index contributed by atoms with van der Waals surface area (Å²) in [6, 6.07) is 5.22. The second-order valence-electron chi connectivity index (χ2n) is 5.75. The molecule has 8 nitrogen and oxygen atoms in total. The fraction of sp³-hybridized carbons (Fsp3) is 0.353. The normalized spacial score (nSPS) is 18.3. The molecule has 1 atom stereocenters. The van der Waals surface area contributed by atoms with Crippen LogP contribution in [0.4, 0.5) is 0 Å². The predicted molar refractivity (Wildman–Crippen MR) is 86.1 cm³/mol. The molecule has 0 N–H and O–H groups in total. The van der Waals surface area contributed by atoms with Crippen molar-refractivity contribution in [1.82, 2.24) is 14.9 Å². The molecule has 130 valence electrons. The molecule has 25 heavy (non-hydrogen) atoms. The van der Waals surface area contributed by atoms with E-state index in [2.05, 4.69) is 9.97 Å². The summed E-state index contributed by atoms with van der Waals surface area (Å²) >= 11 is 0. The van der Waals surface area contributed by atoms with E-state index in [1.54, 1.807) is 23.1 Å². The molecule has 1 aromatic carbocycles. The van der Waals surface area contributed by atoms with Gasteiger partial charge < -0.3 is 23.8 Å². The number of hydrogen-bond donors (Lipinski definition) is 0. The summed E-state index contributed by atoms with van der Waals surface area (Å²) in [6.45, 7) is 1.30. The summed E-state index contributed by atoms with van der Waals surface area (Å²) in [6.07, 6.45) is 3.65. The number of likely N-dealkylation sites (tertiary alicyclic amines) is 1. The number of fused-ring (bicyclic) bond motifs is 1. The van der Waals surface area contributed by atoms with Gasteiger partial charge in [-0.25, -0.2) is 0 Å². The van der Waals surface area contributed by atoms with Crippen molar-refractivity contribution >= 4 is 5.91 Å². The average molecular weight is 343 g/mol. The second kappa shape index (κ2) is 6.46. The van der Waals surface area contributed by atoms with E-state index in [4.69, 9.17) is 18.9 Å². The Kier molecular flexibility index (Phi) is 4.01. The minimum atomic E-state index is -0.126. The maximum absolute atomic E-state index is 12.7. The first-order valence-corrected chi connectivity index (χ1v) is 7.94. The van der Waals surface area contributed by atoms with E-state index in [0.717, 1.165) is 6.42 Å². The molecular formula is C17H17N3O5. The van der Waals surface area contributed by atoms with E-state index in [9.17, 15) is 4.79 Å². The van der Waals surface area contributed by atoms with Gasteiger partial charge in [0.1, 0.15) is 6.10 Å². The summed E-state index contributed by atoms with van der Waals surface area (Å²) < 4.78 is 21.4. The highest BCUT2D eigenvalue weighted by atomic mass is 16.7. The molecule has 0 saturated carbocycles. The maximum Gasteiger partial charge on any atom is 0.254 e. The Labute approximate surface area is 144 Å². The van der Waals surface area contributed by atoms with Gasteiger partial charge in [-0.3, -0.25) is 9.78 Å². The lowest BCUT2D eigenvalue weighted by Crippen LogP contribution is -2.31. The Morgan fingerprint density at radius 1 is 1.24 bits per heavy atom. The molecule has 0 bridgehead atoms. The largest absolute Gasteiger partial charge is 0.480 e. The number of nitrogens with zero attached hydrogens (tertiary/aromatic N) is 3. The van der Waals surface area contributed by atoms with Gasteiger partial charge in [0.2, 0.25) is 18.6 Å². The summed E-state index contributed by atoms with van der Waals surface area (Å²) in [7, 11) is 1.52. The number of carbonyl (C=O) groups is 1. The number of ether oxygens (including phenoxy) is 4. The van der Waals surface area contributed by atoms with E-state index in [1.807, 2.05) is 0 Å². The van der Waals surface area contributed by atoms with Gasteiger partial charge in [0, 0.05) is 18.5 Å². The molecule has 0 unspecified atom stereocenters.